The summed E-state index contributed by atoms with van der Waals surface area (Å²) >= 11 is 6.04. The average molecular weight is 415 g/mol. The van der Waals surface area contributed by atoms with E-state index in [0.29, 0.717) is 22.5 Å². The van der Waals surface area contributed by atoms with Gasteiger partial charge in [0.15, 0.2) is 6.10 Å². The van der Waals surface area contributed by atoms with E-state index < -0.39 is 12.1 Å². The summed E-state index contributed by atoms with van der Waals surface area (Å²) in [5, 5.41) is 7.60. The minimum Gasteiger partial charge on any atom is -0.481 e. The summed E-state index contributed by atoms with van der Waals surface area (Å²) in [6, 6.07) is 8.46. The molecule has 0 fully saturated rings. The Balaban J connectivity index is 1.70. The smallest absolute Gasteiger partial charge is 0.261 e. The second-order valence-electron chi connectivity index (χ2n) is 7.10. The quantitative estimate of drug-likeness (QED) is 0.617. The van der Waals surface area contributed by atoms with Gasteiger partial charge < -0.3 is 14.6 Å². The standard InChI is InChI=1S/C21H23ClN4O3/c1-12(2)18(21-25-19(26-29-21)15-6-5-9-23-11-15)24-20(27)14(4)28-16-7-8-17(22)13(3)10-16/h5-12,14,18H,1-4H3,(H,24,27). The zero-order valence-electron chi connectivity index (χ0n) is 16.7. The van der Waals surface area contributed by atoms with Crippen LogP contribution in [-0.2, 0) is 4.79 Å². The van der Waals surface area contributed by atoms with Gasteiger partial charge in [-0.15, -0.1) is 0 Å². The van der Waals surface area contributed by atoms with Crippen LogP contribution in [0.25, 0.3) is 11.4 Å². The summed E-state index contributed by atoms with van der Waals surface area (Å²) in [6.07, 6.45) is 2.62. The molecule has 8 heteroatoms. The van der Waals surface area contributed by atoms with E-state index in [1.54, 1.807) is 43.6 Å². The predicted octanol–water partition coefficient (Wildman–Crippen LogP) is 4.37. The maximum Gasteiger partial charge on any atom is 0.261 e. The second kappa shape index (κ2) is 9.05. The van der Waals surface area contributed by atoms with Crippen LogP contribution in [-0.4, -0.2) is 27.1 Å². The Morgan fingerprint density at radius 1 is 1.24 bits per heavy atom. The summed E-state index contributed by atoms with van der Waals surface area (Å²) in [6.45, 7) is 7.50. The van der Waals surface area contributed by atoms with E-state index in [1.165, 1.54) is 0 Å². The molecule has 152 valence electrons. The van der Waals surface area contributed by atoms with Gasteiger partial charge in [-0.25, -0.2) is 0 Å². The van der Waals surface area contributed by atoms with Crippen molar-refractivity contribution in [2.75, 3.05) is 0 Å². The van der Waals surface area contributed by atoms with E-state index >= 15 is 0 Å². The first-order valence-electron chi connectivity index (χ1n) is 9.32. The molecule has 1 N–H and O–H groups in total. The lowest BCUT2D eigenvalue weighted by Crippen LogP contribution is -2.40. The van der Waals surface area contributed by atoms with Gasteiger partial charge in [-0.05, 0) is 55.7 Å². The Morgan fingerprint density at radius 2 is 2.03 bits per heavy atom. The van der Waals surface area contributed by atoms with Crippen LogP contribution in [0, 0.1) is 12.8 Å². The zero-order valence-corrected chi connectivity index (χ0v) is 17.5. The fourth-order valence-electron chi connectivity index (χ4n) is 2.71. The number of amides is 1. The van der Waals surface area contributed by atoms with Gasteiger partial charge in [0.2, 0.25) is 11.7 Å². The molecule has 0 radical (unpaired) electrons. The van der Waals surface area contributed by atoms with Crippen LogP contribution in [0.1, 0.15) is 38.3 Å². The topological polar surface area (TPSA) is 90.1 Å². The van der Waals surface area contributed by atoms with E-state index in [0.717, 1.165) is 11.1 Å². The minimum absolute atomic E-state index is 0.0334. The normalized spacial score (nSPS) is 13.2. The molecule has 3 rings (SSSR count). The molecule has 0 saturated carbocycles. The summed E-state index contributed by atoms with van der Waals surface area (Å²) in [7, 11) is 0. The third-order valence-corrected chi connectivity index (χ3v) is 4.83. The van der Waals surface area contributed by atoms with Crippen molar-refractivity contribution >= 4 is 17.5 Å². The van der Waals surface area contributed by atoms with Crippen molar-refractivity contribution in [3.05, 3.63) is 59.2 Å². The SMILES string of the molecule is Cc1cc(OC(C)C(=O)NC(c2nc(-c3cccnc3)no2)C(C)C)ccc1Cl. The minimum atomic E-state index is -0.711. The number of hydrogen-bond donors (Lipinski definition) is 1. The van der Waals surface area contributed by atoms with E-state index in [-0.39, 0.29) is 11.8 Å². The Labute approximate surface area is 174 Å². The molecule has 0 spiro atoms. The molecule has 0 saturated heterocycles. The first kappa shape index (κ1) is 20.8. The van der Waals surface area contributed by atoms with Crippen LogP contribution in [0.4, 0.5) is 0 Å². The molecule has 7 nitrogen and oxygen atoms in total. The highest BCUT2D eigenvalue weighted by molar-refractivity contribution is 6.31. The number of ether oxygens (including phenoxy) is 1. The molecule has 2 unspecified atom stereocenters. The Hall–Kier alpha value is -2.93. The van der Waals surface area contributed by atoms with Crippen molar-refractivity contribution in [1.29, 1.82) is 0 Å². The van der Waals surface area contributed by atoms with Gasteiger partial charge in [-0.2, -0.15) is 4.98 Å². The largest absolute Gasteiger partial charge is 0.481 e. The molecule has 1 amide bonds. The number of halogens is 1. The third-order valence-electron chi connectivity index (χ3n) is 4.40. The predicted molar refractivity (Wildman–Crippen MR) is 110 cm³/mol. The van der Waals surface area contributed by atoms with E-state index in [4.69, 9.17) is 20.9 Å². The van der Waals surface area contributed by atoms with Crippen LogP contribution >= 0.6 is 11.6 Å². The number of pyridine rings is 1. The van der Waals surface area contributed by atoms with Gasteiger partial charge in [0.05, 0.1) is 0 Å². The van der Waals surface area contributed by atoms with Gasteiger partial charge >= 0.3 is 0 Å². The van der Waals surface area contributed by atoms with Gasteiger partial charge in [-0.1, -0.05) is 30.6 Å². The van der Waals surface area contributed by atoms with Crippen molar-refractivity contribution in [2.24, 2.45) is 5.92 Å². The number of benzene rings is 1. The van der Waals surface area contributed by atoms with Crippen molar-refractivity contribution in [3.8, 4) is 17.1 Å². The average Bonchev–Trinajstić information content (AvgIpc) is 3.19. The van der Waals surface area contributed by atoms with Crippen LogP contribution in [0.3, 0.4) is 0 Å². The van der Waals surface area contributed by atoms with Gasteiger partial charge in [0.1, 0.15) is 11.8 Å². The van der Waals surface area contributed by atoms with Crippen molar-refractivity contribution < 1.29 is 14.1 Å². The third kappa shape index (κ3) is 5.12. The molecule has 3 aromatic rings. The number of nitrogens with zero attached hydrogens (tertiary/aromatic N) is 3. The second-order valence-corrected chi connectivity index (χ2v) is 7.51. The molecule has 2 heterocycles. The number of rotatable bonds is 7. The lowest BCUT2D eigenvalue weighted by Gasteiger charge is -2.21. The van der Waals surface area contributed by atoms with Gasteiger partial charge in [0.25, 0.3) is 5.91 Å². The highest BCUT2D eigenvalue weighted by Crippen LogP contribution is 2.25. The van der Waals surface area contributed by atoms with E-state index in [2.05, 4.69) is 20.4 Å². The van der Waals surface area contributed by atoms with Crippen molar-refractivity contribution in [1.82, 2.24) is 20.4 Å². The van der Waals surface area contributed by atoms with Crippen LogP contribution in [0.2, 0.25) is 5.02 Å². The summed E-state index contributed by atoms with van der Waals surface area (Å²) in [5.74, 6) is 1.09. The van der Waals surface area contributed by atoms with Gasteiger partial charge in [0, 0.05) is 23.0 Å². The monoisotopic (exact) mass is 414 g/mol. The van der Waals surface area contributed by atoms with Crippen LogP contribution in [0.15, 0.2) is 47.2 Å². The Kier molecular flexibility index (Phi) is 6.49. The number of carbonyl (C=O) groups excluding carboxylic acids is 1. The Bertz CT molecular complexity index is 975. The molecular formula is C21H23ClN4O3. The Morgan fingerprint density at radius 3 is 2.69 bits per heavy atom. The first-order valence-corrected chi connectivity index (χ1v) is 9.70. The van der Waals surface area contributed by atoms with Crippen molar-refractivity contribution in [3.63, 3.8) is 0 Å². The van der Waals surface area contributed by atoms with Crippen LogP contribution < -0.4 is 10.1 Å². The molecule has 0 aliphatic heterocycles. The number of aryl methyl sites for hydroxylation is 1. The number of aromatic nitrogens is 3. The molecule has 0 aliphatic carbocycles. The van der Waals surface area contributed by atoms with Crippen LogP contribution in [0.5, 0.6) is 5.75 Å². The number of nitrogens with one attached hydrogen (secondary N) is 1. The molecule has 2 aromatic heterocycles. The number of hydrogen-bond acceptors (Lipinski definition) is 6. The highest BCUT2D eigenvalue weighted by Gasteiger charge is 2.27. The van der Waals surface area contributed by atoms with E-state index in [1.807, 2.05) is 26.8 Å². The molecule has 0 aliphatic rings. The summed E-state index contributed by atoms with van der Waals surface area (Å²) in [4.78, 5) is 21.2. The van der Waals surface area contributed by atoms with Crippen molar-refractivity contribution in [2.45, 2.75) is 39.8 Å². The highest BCUT2D eigenvalue weighted by atomic mass is 35.5. The lowest BCUT2D eigenvalue weighted by atomic mass is 10.0. The first-order chi connectivity index (χ1) is 13.8. The number of carbonyl (C=O) groups is 1. The maximum atomic E-state index is 12.7. The lowest BCUT2D eigenvalue weighted by molar-refractivity contribution is -0.128. The fourth-order valence-corrected chi connectivity index (χ4v) is 2.82. The van der Waals surface area contributed by atoms with E-state index in [9.17, 15) is 4.79 Å². The van der Waals surface area contributed by atoms with Gasteiger partial charge in [-0.3, -0.25) is 9.78 Å². The zero-order chi connectivity index (χ0) is 21.0. The molecule has 1 aromatic carbocycles. The summed E-state index contributed by atoms with van der Waals surface area (Å²) in [5.41, 5.74) is 1.62. The molecular weight excluding hydrogens is 392 g/mol. The fraction of sp³-hybridized carbons (Fsp3) is 0.333. The molecule has 2 atom stereocenters. The molecule has 0 bridgehead atoms. The summed E-state index contributed by atoms with van der Waals surface area (Å²) < 4.78 is 11.2. The maximum absolute atomic E-state index is 12.7. The molecule has 29 heavy (non-hydrogen) atoms.